The van der Waals surface area contributed by atoms with Crippen LogP contribution in [0.2, 0.25) is 10.0 Å². The SMILES string of the molecule is CS(=O)(=O)[O-].C[N+](C)(CCOCc1ccc(Cl)c(Cl)c1)Cc1cnc([C@](O)(c2ccccc2)C2CCCCC2)o1. The van der Waals surface area contributed by atoms with Gasteiger partial charge in [-0.3, -0.25) is 0 Å². The lowest BCUT2D eigenvalue weighted by molar-refractivity contribution is -0.905. The molecule has 1 fully saturated rings. The van der Waals surface area contributed by atoms with Crippen LogP contribution in [0, 0.1) is 5.92 Å². The summed E-state index contributed by atoms with van der Waals surface area (Å²) in [5, 5.41) is 13.1. The summed E-state index contributed by atoms with van der Waals surface area (Å²) in [6.07, 6.45) is 7.79. The quantitative estimate of drug-likeness (QED) is 0.176. The highest BCUT2D eigenvalue weighted by molar-refractivity contribution is 7.84. The van der Waals surface area contributed by atoms with Gasteiger partial charge < -0.3 is 23.3 Å². The molecule has 1 aliphatic rings. The third kappa shape index (κ3) is 9.83. The van der Waals surface area contributed by atoms with Crippen LogP contribution in [0.5, 0.6) is 0 Å². The van der Waals surface area contributed by atoms with E-state index in [9.17, 15) is 5.11 Å². The van der Waals surface area contributed by atoms with Crippen LogP contribution in [-0.2, 0) is 33.6 Å². The molecule has 1 aromatic heterocycles. The summed E-state index contributed by atoms with van der Waals surface area (Å²) in [7, 11) is 0.352. The second-order valence-electron chi connectivity index (χ2n) is 10.9. The number of quaternary nitrogens is 1. The standard InChI is InChI=1S/C28H35Cl2N2O3.CH4O3S/c1-32(2,15-16-34-20-21-13-14-25(29)26(30)17-21)19-24-18-31-27(35-24)28(33,22-9-5-3-6-10-22)23-11-7-4-8-12-23;1-5(2,3)4/h3,5-6,9-10,13-14,17-18,23,33H,4,7-8,11-12,15-16,19-20H2,1-2H3;1H3,(H,2,3,4)/q+1;/p-1/t28-;/m0./s1. The Labute approximate surface area is 247 Å². The zero-order valence-corrected chi connectivity index (χ0v) is 25.5. The van der Waals surface area contributed by atoms with Crippen molar-refractivity contribution >= 4 is 33.3 Å². The summed E-state index contributed by atoms with van der Waals surface area (Å²) in [5.74, 6) is 1.27. The van der Waals surface area contributed by atoms with Crippen LogP contribution in [-0.4, -0.2) is 61.0 Å². The van der Waals surface area contributed by atoms with Crippen molar-refractivity contribution in [3.05, 3.63) is 87.6 Å². The van der Waals surface area contributed by atoms with E-state index in [1.54, 1.807) is 12.3 Å². The number of rotatable bonds is 10. The summed E-state index contributed by atoms with van der Waals surface area (Å²) in [6, 6.07) is 15.4. The molecule has 1 atom stereocenters. The van der Waals surface area contributed by atoms with Crippen molar-refractivity contribution in [3.63, 3.8) is 0 Å². The highest BCUT2D eigenvalue weighted by atomic mass is 35.5. The molecule has 0 unspecified atom stereocenters. The molecule has 4 rings (SSSR count). The molecule has 1 N–H and O–H groups in total. The van der Waals surface area contributed by atoms with Gasteiger partial charge in [0.1, 0.15) is 13.1 Å². The number of halogens is 2. The van der Waals surface area contributed by atoms with E-state index < -0.39 is 15.7 Å². The number of nitrogens with zero attached hydrogens (tertiary/aromatic N) is 2. The highest BCUT2D eigenvalue weighted by Crippen LogP contribution is 2.43. The molecule has 2 aromatic carbocycles. The number of likely N-dealkylation sites (N-methyl/N-ethyl adjacent to an activating group) is 1. The molecule has 0 aliphatic heterocycles. The van der Waals surface area contributed by atoms with E-state index >= 15 is 0 Å². The molecule has 0 saturated heterocycles. The summed E-state index contributed by atoms with van der Waals surface area (Å²) >= 11 is 12.1. The molecule has 0 bridgehead atoms. The van der Waals surface area contributed by atoms with Crippen molar-refractivity contribution in [2.45, 2.75) is 50.9 Å². The van der Waals surface area contributed by atoms with Crippen molar-refractivity contribution < 1.29 is 31.7 Å². The average molecular weight is 614 g/mol. The average Bonchev–Trinajstić information content (AvgIpc) is 3.36. The molecule has 220 valence electrons. The minimum atomic E-state index is -3.92. The van der Waals surface area contributed by atoms with Gasteiger partial charge in [0.05, 0.1) is 53.7 Å². The van der Waals surface area contributed by atoms with Gasteiger partial charge in [-0.15, -0.1) is 0 Å². The Balaban J connectivity index is 0.000000810. The lowest BCUT2D eigenvalue weighted by Gasteiger charge is -2.36. The normalized spacial score (nSPS) is 16.2. The van der Waals surface area contributed by atoms with Crippen molar-refractivity contribution in [2.24, 2.45) is 5.92 Å². The maximum absolute atomic E-state index is 12.0. The third-order valence-corrected chi connectivity index (χ3v) is 7.71. The fourth-order valence-corrected chi connectivity index (χ4v) is 5.26. The molecule has 0 radical (unpaired) electrons. The number of ether oxygens (including phenoxy) is 1. The topological polar surface area (TPSA) is 113 Å². The summed E-state index contributed by atoms with van der Waals surface area (Å²) in [4.78, 5) is 4.59. The zero-order valence-electron chi connectivity index (χ0n) is 23.2. The highest BCUT2D eigenvalue weighted by Gasteiger charge is 2.44. The molecular weight excluding hydrogens is 575 g/mol. The predicted molar refractivity (Wildman–Crippen MR) is 155 cm³/mol. The van der Waals surface area contributed by atoms with Crippen LogP contribution in [0.15, 0.2) is 59.1 Å². The molecule has 1 saturated carbocycles. The molecule has 40 heavy (non-hydrogen) atoms. The number of oxazole rings is 1. The first-order chi connectivity index (χ1) is 18.8. The molecule has 8 nitrogen and oxygen atoms in total. The molecular formula is C29H38Cl2N2O6S. The monoisotopic (exact) mass is 612 g/mol. The van der Waals surface area contributed by atoms with E-state index in [1.807, 2.05) is 42.5 Å². The largest absolute Gasteiger partial charge is 0.748 e. The molecule has 1 heterocycles. The van der Waals surface area contributed by atoms with Crippen molar-refractivity contribution in [1.82, 2.24) is 4.98 Å². The Kier molecular flexibility index (Phi) is 11.6. The molecule has 0 amide bonds. The Morgan fingerprint density at radius 2 is 1.75 bits per heavy atom. The Hall–Kier alpha value is -1.98. The van der Waals surface area contributed by atoms with Crippen LogP contribution < -0.4 is 0 Å². The van der Waals surface area contributed by atoms with Gasteiger partial charge >= 0.3 is 0 Å². The summed E-state index contributed by atoms with van der Waals surface area (Å²) in [6.45, 7) is 2.51. The molecule has 1 aliphatic carbocycles. The molecule has 3 aromatic rings. The van der Waals surface area contributed by atoms with Crippen LogP contribution in [0.4, 0.5) is 0 Å². The van der Waals surface area contributed by atoms with Gasteiger partial charge in [0, 0.05) is 12.2 Å². The van der Waals surface area contributed by atoms with Gasteiger partial charge in [0.2, 0.25) is 5.89 Å². The summed E-state index contributed by atoms with van der Waals surface area (Å²) in [5.41, 5.74) is 0.636. The fourth-order valence-electron chi connectivity index (χ4n) is 4.94. The van der Waals surface area contributed by atoms with Crippen LogP contribution >= 0.6 is 23.2 Å². The number of benzene rings is 2. The van der Waals surface area contributed by atoms with Crippen LogP contribution in [0.3, 0.4) is 0 Å². The van der Waals surface area contributed by atoms with Gasteiger partial charge in [-0.1, -0.05) is 78.9 Å². The first-order valence-electron chi connectivity index (χ1n) is 13.3. The van der Waals surface area contributed by atoms with E-state index in [1.165, 1.54) is 6.42 Å². The molecule has 11 heteroatoms. The Morgan fingerprint density at radius 3 is 2.38 bits per heavy atom. The van der Waals surface area contributed by atoms with Crippen molar-refractivity contribution in [2.75, 3.05) is 33.5 Å². The lowest BCUT2D eigenvalue weighted by Crippen LogP contribution is -2.41. The second-order valence-corrected chi connectivity index (χ2v) is 13.1. The maximum Gasteiger partial charge on any atom is 0.231 e. The van der Waals surface area contributed by atoms with Gasteiger partial charge in [-0.2, -0.15) is 0 Å². The van der Waals surface area contributed by atoms with Crippen LogP contribution in [0.25, 0.3) is 0 Å². The van der Waals surface area contributed by atoms with Crippen molar-refractivity contribution in [3.8, 4) is 0 Å². The van der Waals surface area contributed by atoms with Crippen LogP contribution in [0.1, 0.15) is 54.9 Å². The van der Waals surface area contributed by atoms with Crippen molar-refractivity contribution in [1.29, 1.82) is 0 Å². The first kappa shape index (κ1) is 32.5. The van der Waals surface area contributed by atoms with E-state index in [0.29, 0.717) is 46.4 Å². The minimum absolute atomic E-state index is 0.0995. The maximum atomic E-state index is 12.0. The lowest BCUT2D eigenvalue weighted by atomic mass is 9.73. The predicted octanol–water partition coefficient (Wildman–Crippen LogP) is 5.75. The van der Waals surface area contributed by atoms with Gasteiger partial charge in [0.25, 0.3) is 0 Å². The Bertz CT molecular complexity index is 1320. The minimum Gasteiger partial charge on any atom is -0.748 e. The number of aliphatic hydroxyl groups is 1. The van der Waals surface area contributed by atoms with E-state index in [0.717, 1.165) is 49.1 Å². The van der Waals surface area contributed by atoms with Gasteiger partial charge in [-0.05, 0) is 36.1 Å². The van der Waals surface area contributed by atoms with Gasteiger partial charge in [0.15, 0.2) is 11.4 Å². The molecule has 0 spiro atoms. The number of aromatic nitrogens is 1. The number of hydrogen-bond acceptors (Lipinski definition) is 7. The number of hydrogen-bond donors (Lipinski definition) is 1. The fraction of sp³-hybridized carbons (Fsp3) is 0.483. The zero-order chi connectivity index (χ0) is 29.4. The smallest absolute Gasteiger partial charge is 0.231 e. The van der Waals surface area contributed by atoms with E-state index in [2.05, 4.69) is 19.1 Å². The first-order valence-corrected chi connectivity index (χ1v) is 15.8. The summed E-state index contributed by atoms with van der Waals surface area (Å²) < 4.78 is 40.0. The third-order valence-electron chi connectivity index (χ3n) is 6.97. The Morgan fingerprint density at radius 1 is 1.10 bits per heavy atom. The van der Waals surface area contributed by atoms with E-state index in [-0.39, 0.29) is 5.92 Å². The van der Waals surface area contributed by atoms with Gasteiger partial charge in [-0.25, -0.2) is 13.4 Å². The second kappa shape index (κ2) is 14.3. The van der Waals surface area contributed by atoms with E-state index in [4.69, 9.17) is 45.3 Å².